The number of rotatable bonds is 7. The lowest BCUT2D eigenvalue weighted by molar-refractivity contribution is 0.138. The molecule has 1 aliphatic heterocycles. The lowest BCUT2D eigenvalue weighted by atomic mass is 10.0. The number of hydrogen-bond donors (Lipinski definition) is 1. The van der Waals surface area contributed by atoms with Gasteiger partial charge in [0.15, 0.2) is 0 Å². The second-order valence-corrected chi connectivity index (χ2v) is 5.86. The molecule has 19 heavy (non-hydrogen) atoms. The minimum absolute atomic E-state index is 0.0471. The van der Waals surface area contributed by atoms with Gasteiger partial charge in [0.05, 0.1) is 0 Å². The Labute approximate surface area is 116 Å². The number of nitrogens with one attached hydrogen (secondary N) is 1. The molecule has 0 atom stereocenters. The molecule has 1 aromatic carbocycles. The summed E-state index contributed by atoms with van der Waals surface area (Å²) in [6.07, 6.45) is 3.29. The fourth-order valence-corrected chi connectivity index (χ4v) is 2.50. The molecule has 1 aromatic rings. The first kappa shape index (κ1) is 14.4. The molecule has 0 bridgehead atoms. The molecule has 1 N–H and O–H groups in total. The van der Waals surface area contributed by atoms with Crippen molar-refractivity contribution in [1.82, 2.24) is 5.32 Å². The van der Waals surface area contributed by atoms with Gasteiger partial charge in [-0.1, -0.05) is 12.1 Å². The Kier molecular flexibility index (Phi) is 4.83. The predicted molar refractivity (Wildman–Crippen MR) is 77.7 cm³/mol. The van der Waals surface area contributed by atoms with Crippen molar-refractivity contribution in [2.75, 3.05) is 20.3 Å². The van der Waals surface area contributed by atoms with Crippen molar-refractivity contribution < 1.29 is 9.47 Å². The van der Waals surface area contributed by atoms with Gasteiger partial charge in [0.2, 0.25) is 0 Å². The third kappa shape index (κ3) is 4.22. The smallest absolute Gasteiger partial charge is 0.123 e. The molecule has 0 saturated heterocycles. The fraction of sp³-hybridized carbons (Fsp3) is 0.625. The van der Waals surface area contributed by atoms with Gasteiger partial charge in [-0.15, -0.1) is 0 Å². The lowest BCUT2D eigenvalue weighted by Crippen LogP contribution is -2.24. The van der Waals surface area contributed by atoms with Crippen LogP contribution in [0.3, 0.4) is 0 Å². The van der Waals surface area contributed by atoms with Gasteiger partial charge >= 0.3 is 0 Å². The van der Waals surface area contributed by atoms with E-state index in [1.807, 2.05) is 0 Å². The molecule has 3 nitrogen and oxygen atoms in total. The van der Waals surface area contributed by atoms with Crippen molar-refractivity contribution in [3.63, 3.8) is 0 Å². The highest BCUT2D eigenvalue weighted by Crippen LogP contribution is 2.35. The second kappa shape index (κ2) is 6.40. The first-order valence-corrected chi connectivity index (χ1v) is 7.11. The molecule has 3 heteroatoms. The van der Waals surface area contributed by atoms with Crippen LogP contribution in [0.25, 0.3) is 0 Å². The summed E-state index contributed by atoms with van der Waals surface area (Å²) in [5.41, 5.74) is 2.63. The lowest BCUT2D eigenvalue weighted by Gasteiger charge is -2.16. The number of methoxy groups -OCH3 is 1. The Morgan fingerprint density at radius 1 is 1.32 bits per heavy atom. The van der Waals surface area contributed by atoms with E-state index in [2.05, 4.69) is 37.4 Å². The summed E-state index contributed by atoms with van der Waals surface area (Å²) in [4.78, 5) is 0. The molecule has 2 rings (SSSR count). The van der Waals surface area contributed by atoms with Crippen LogP contribution >= 0.6 is 0 Å². The molecule has 0 radical (unpaired) electrons. The van der Waals surface area contributed by atoms with Crippen LogP contribution in [-0.4, -0.2) is 25.9 Å². The van der Waals surface area contributed by atoms with Crippen molar-refractivity contribution in [3.05, 3.63) is 29.3 Å². The zero-order valence-corrected chi connectivity index (χ0v) is 12.3. The maximum absolute atomic E-state index is 5.88. The van der Waals surface area contributed by atoms with Crippen LogP contribution in [-0.2, 0) is 17.7 Å². The van der Waals surface area contributed by atoms with Gasteiger partial charge in [-0.3, -0.25) is 0 Å². The maximum atomic E-state index is 5.88. The maximum Gasteiger partial charge on any atom is 0.123 e. The van der Waals surface area contributed by atoms with E-state index < -0.39 is 0 Å². The standard InChI is InChI=1S/C16H25NO2/c1-16(2)11-14-10-13(6-7-15(14)19-16)12-17-8-4-5-9-18-3/h6-7,10,17H,4-5,8-9,11-12H2,1-3H3. The Morgan fingerprint density at radius 2 is 2.16 bits per heavy atom. The van der Waals surface area contributed by atoms with E-state index in [-0.39, 0.29) is 5.60 Å². The van der Waals surface area contributed by atoms with Crippen molar-refractivity contribution in [2.45, 2.75) is 45.3 Å². The Hall–Kier alpha value is -1.06. The predicted octanol–water partition coefficient (Wildman–Crippen LogP) is 2.92. The van der Waals surface area contributed by atoms with Crippen LogP contribution in [0.1, 0.15) is 37.8 Å². The van der Waals surface area contributed by atoms with Crippen LogP contribution in [0.2, 0.25) is 0 Å². The molecule has 1 heterocycles. The van der Waals surface area contributed by atoms with Crippen molar-refractivity contribution in [2.24, 2.45) is 0 Å². The highest BCUT2D eigenvalue weighted by molar-refractivity contribution is 5.41. The van der Waals surface area contributed by atoms with Gasteiger partial charge in [0, 0.05) is 26.7 Å². The molecular weight excluding hydrogens is 238 g/mol. The molecule has 0 unspecified atom stereocenters. The van der Waals surface area contributed by atoms with Gasteiger partial charge < -0.3 is 14.8 Å². The van der Waals surface area contributed by atoms with Crippen molar-refractivity contribution in [1.29, 1.82) is 0 Å². The molecule has 0 aromatic heterocycles. The van der Waals surface area contributed by atoms with Crippen LogP contribution < -0.4 is 10.1 Å². The van der Waals surface area contributed by atoms with E-state index in [0.29, 0.717) is 0 Å². The Bertz CT molecular complexity index is 415. The first-order chi connectivity index (χ1) is 9.11. The third-order valence-electron chi connectivity index (χ3n) is 3.41. The highest BCUT2D eigenvalue weighted by Gasteiger charge is 2.29. The molecule has 0 saturated carbocycles. The van der Waals surface area contributed by atoms with Crippen molar-refractivity contribution in [3.8, 4) is 5.75 Å². The number of benzene rings is 1. The third-order valence-corrected chi connectivity index (χ3v) is 3.41. The topological polar surface area (TPSA) is 30.5 Å². The molecule has 1 aliphatic rings. The fourth-order valence-electron chi connectivity index (χ4n) is 2.50. The number of ether oxygens (including phenoxy) is 2. The summed E-state index contributed by atoms with van der Waals surface area (Å²) < 4.78 is 10.9. The average Bonchev–Trinajstić information content (AvgIpc) is 2.66. The zero-order chi connectivity index (χ0) is 13.7. The number of hydrogen-bond acceptors (Lipinski definition) is 3. The van der Waals surface area contributed by atoms with E-state index in [9.17, 15) is 0 Å². The summed E-state index contributed by atoms with van der Waals surface area (Å²) >= 11 is 0. The summed E-state index contributed by atoms with van der Waals surface area (Å²) in [7, 11) is 1.75. The number of unbranched alkanes of at least 4 members (excludes halogenated alkanes) is 1. The summed E-state index contributed by atoms with van der Waals surface area (Å²) in [5.74, 6) is 1.05. The van der Waals surface area contributed by atoms with E-state index in [4.69, 9.17) is 9.47 Å². The highest BCUT2D eigenvalue weighted by atomic mass is 16.5. The summed E-state index contributed by atoms with van der Waals surface area (Å²) in [5, 5.41) is 3.48. The largest absolute Gasteiger partial charge is 0.487 e. The molecule has 0 amide bonds. The first-order valence-electron chi connectivity index (χ1n) is 7.11. The second-order valence-electron chi connectivity index (χ2n) is 5.86. The van der Waals surface area contributed by atoms with E-state index >= 15 is 0 Å². The van der Waals surface area contributed by atoms with Gasteiger partial charge in [0.25, 0.3) is 0 Å². The Morgan fingerprint density at radius 3 is 2.95 bits per heavy atom. The number of fused-ring (bicyclic) bond motifs is 1. The SMILES string of the molecule is COCCCCNCc1ccc2c(c1)CC(C)(C)O2. The van der Waals surface area contributed by atoms with Crippen LogP contribution in [0.15, 0.2) is 18.2 Å². The zero-order valence-electron chi connectivity index (χ0n) is 12.3. The van der Waals surface area contributed by atoms with E-state index in [0.717, 1.165) is 44.7 Å². The van der Waals surface area contributed by atoms with Crippen LogP contribution in [0.5, 0.6) is 5.75 Å². The summed E-state index contributed by atoms with van der Waals surface area (Å²) in [6.45, 7) is 7.11. The average molecular weight is 263 g/mol. The van der Waals surface area contributed by atoms with Crippen molar-refractivity contribution >= 4 is 0 Å². The normalized spacial score (nSPS) is 16.2. The quantitative estimate of drug-likeness (QED) is 0.767. The van der Waals surface area contributed by atoms with Gasteiger partial charge in [-0.2, -0.15) is 0 Å². The molecule has 106 valence electrons. The van der Waals surface area contributed by atoms with Crippen LogP contribution in [0.4, 0.5) is 0 Å². The van der Waals surface area contributed by atoms with E-state index in [1.54, 1.807) is 7.11 Å². The van der Waals surface area contributed by atoms with Gasteiger partial charge in [-0.05, 0) is 50.4 Å². The van der Waals surface area contributed by atoms with Gasteiger partial charge in [0.1, 0.15) is 11.4 Å². The Balaban J connectivity index is 1.77. The minimum atomic E-state index is -0.0471. The molecule has 0 fully saturated rings. The summed E-state index contributed by atoms with van der Waals surface area (Å²) in [6, 6.07) is 6.53. The monoisotopic (exact) mass is 263 g/mol. The van der Waals surface area contributed by atoms with Gasteiger partial charge in [-0.25, -0.2) is 0 Å². The van der Waals surface area contributed by atoms with Crippen LogP contribution in [0, 0.1) is 0 Å². The minimum Gasteiger partial charge on any atom is -0.487 e. The molecule has 0 spiro atoms. The molecule has 0 aliphatic carbocycles. The van der Waals surface area contributed by atoms with E-state index in [1.165, 1.54) is 11.1 Å². The molecular formula is C16H25NO2.